The summed E-state index contributed by atoms with van der Waals surface area (Å²) in [7, 11) is 3.17. The average Bonchev–Trinajstić information content (AvgIpc) is 2.25. The van der Waals surface area contributed by atoms with Crippen molar-refractivity contribution in [3.63, 3.8) is 0 Å². The van der Waals surface area contributed by atoms with Gasteiger partial charge in [-0.15, -0.1) is 0 Å². The minimum absolute atomic E-state index is 0.0330. The Kier molecular flexibility index (Phi) is 4.47. The van der Waals surface area contributed by atoms with Crippen molar-refractivity contribution in [1.29, 1.82) is 0 Å². The predicted molar refractivity (Wildman–Crippen MR) is 72.5 cm³/mol. The van der Waals surface area contributed by atoms with E-state index in [4.69, 9.17) is 9.47 Å². The van der Waals surface area contributed by atoms with E-state index in [2.05, 4.69) is 14.8 Å². The number of benzene rings is 1. The summed E-state index contributed by atoms with van der Waals surface area (Å²) in [5, 5.41) is 0. The maximum absolute atomic E-state index is 11.6. The number of rotatable bonds is 4. The third-order valence-corrected chi connectivity index (χ3v) is 8.49. The van der Waals surface area contributed by atoms with Gasteiger partial charge in [0.15, 0.2) is 0 Å². The summed E-state index contributed by atoms with van der Waals surface area (Å²) in [6.45, 7) is 1.53. The zero-order valence-corrected chi connectivity index (χ0v) is 14.2. The van der Waals surface area contributed by atoms with Gasteiger partial charge in [-0.2, -0.15) is 0 Å². The fraction of sp³-hybridized carbons (Fsp3) is 0.462. The second-order valence-electron chi connectivity index (χ2n) is 5.06. The molecule has 0 radical (unpaired) electrons. The molecule has 0 aromatic heterocycles. The van der Waals surface area contributed by atoms with Crippen molar-refractivity contribution in [2.24, 2.45) is 0 Å². The van der Waals surface area contributed by atoms with Crippen molar-refractivity contribution >= 4 is 27.7 Å². The van der Waals surface area contributed by atoms with Gasteiger partial charge in [-0.1, -0.05) is 0 Å². The Balaban J connectivity index is 3.50. The van der Waals surface area contributed by atoms with Crippen LogP contribution in [0.15, 0.2) is 12.1 Å². The van der Waals surface area contributed by atoms with Crippen LogP contribution in [-0.4, -0.2) is 38.4 Å². The summed E-state index contributed by atoms with van der Waals surface area (Å²) in [5.41, 5.74) is 0.536. The van der Waals surface area contributed by atoms with Crippen LogP contribution in [0.4, 0.5) is 0 Å². The molecule has 1 aromatic carbocycles. The first-order valence-corrected chi connectivity index (χ1v) is 15.6. The number of Topliss-reactive ketones (excluding diaryl/α,β-unsaturated/α-hetero) is 1. The van der Waals surface area contributed by atoms with Crippen LogP contribution >= 0.6 is 0 Å². The molecule has 0 saturated carbocycles. The fourth-order valence-electron chi connectivity index (χ4n) is 1.69. The van der Waals surface area contributed by atoms with Gasteiger partial charge in [0.25, 0.3) is 0 Å². The molecule has 1 aromatic rings. The molecule has 3 nitrogen and oxygen atoms in total. The Labute approximate surface area is 107 Å². The SMILES string of the molecule is COc1c[c]([Sn]([CH3])([CH3])[CH3])cc(OC)c1C(C)=O. The second kappa shape index (κ2) is 5.29. The van der Waals surface area contributed by atoms with E-state index in [-0.39, 0.29) is 5.78 Å². The van der Waals surface area contributed by atoms with Crippen LogP contribution in [0.2, 0.25) is 14.8 Å². The zero-order chi connectivity index (χ0) is 13.2. The number of hydrogen-bond acceptors (Lipinski definition) is 3. The molecule has 1 rings (SSSR count). The fourth-order valence-corrected chi connectivity index (χ4v) is 4.91. The van der Waals surface area contributed by atoms with Crippen LogP contribution in [0.5, 0.6) is 11.5 Å². The summed E-state index contributed by atoms with van der Waals surface area (Å²) in [4.78, 5) is 18.6. The van der Waals surface area contributed by atoms with E-state index < -0.39 is 18.4 Å². The molecule has 17 heavy (non-hydrogen) atoms. The predicted octanol–water partition coefficient (Wildman–Crippen LogP) is 2.45. The minimum atomic E-state index is -2.19. The molecule has 0 unspecified atom stereocenters. The summed E-state index contributed by atoms with van der Waals surface area (Å²) >= 11 is -2.19. The number of ketones is 1. The quantitative estimate of drug-likeness (QED) is 0.622. The molecule has 94 valence electrons. The monoisotopic (exact) mass is 344 g/mol. The first-order valence-electron chi connectivity index (χ1n) is 5.58. The van der Waals surface area contributed by atoms with Crippen molar-refractivity contribution in [2.45, 2.75) is 21.7 Å². The molecule has 0 spiro atoms. The number of methoxy groups -OCH3 is 2. The van der Waals surface area contributed by atoms with E-state index in [9.17, 15) is 4.79 Å². The molecule has 0 saturated heterocycles. The Bertz CT molecular complexity index is 408. The first kappa shape index (κ1) is 14.4. The van der Waals surface area contributed by atoms with Crippen molar-refractivity contribution in [3.8, 4) is 11.5 Å². The maximum atomic E-state index is 11.6. The zero-order valence-electron chi connectivity index (χ0n) is 11.4. The van der Waals surface area contributed by atoms with Crippen LogP contribution in [0.3, 0.4) is 0 Å². The summed E-state index contributed by atoms with van der Waals surface area (Å²) < 4.78 is 11.9. The van der Waals surface area contributed by atoms with Gasteiger partial charge < -0.3 is 0 Å². The Hall–Kier alpha value is -0.711. The molecule has 0 atom stereocenters. The van der Waals surface area contributed by atoms with Gasteiger partial charge >= 0.3 is 107 Å². The third-order valence-electron chi connectivity index (χ3n) is 2.72. The molecular formula is C13H20O3Sn. The molecule has 0 aliphatic rings. The summed E-state index contributed by atoms with van der Waals surface area (Å²) in [6, 6.07) is 3.99. The van der Waals surface area contributed by atoms with E-state index in [0.717, 1.165) is 0 Å². The van der Waals surface area contributed by atoms with Crippen molar-refractivity contribution < 1.29 is 14.3 Å². The van der Waals surface area contributed by atoms with Crippen LogP contribution in [-0.2, 0) is 0 Å². The first-order chi connectivity index (χ1) is 7.81. The Morgan fingerprint density at radius 3 is 1.71 bits per heavy atom. The van der Waals surface area contributed by atoms with Crippen LogP contribution in [0, 0.1) is 0 Å². The second-order valence-corrected chi connectivity index (χ2v) is 19.6. The van der Waals surface area contributed by atoms with Gasteiger partial charge in [0.2, 0.25) is 0 Å². The van der Waals surface area contributed by atoms with Crippen molar-refractivity contribution in [3.05, 3.63) is 17.7 Å². The van der Waals surface area contributed by atoms with Crippen molar-refractivity contribution in [1.82, 2.24) is 0 Å². The molecule has 0 fully saturated rings. The molecular weight excluding hydrogens is 323 g/mol. The number of ether oxygens (including phenoxy) is 2. The van der Waals surface area contributed by atoms with Gasteiger partial charge in [-0.05, 0) is 0 Å². The number of carbonyl (C=O) groups excluding carboxylic acids is 1. The number of carbonyl (C=O) groups is 1. The molecule has 0 N–H and O–H groups in total. The van der Waals surface area contributed by atoms with E-state index in [1.807, 2.05) is 12.1 Å². The van der Waals surface area contributed by atoms with Gasteiger partial charge in [-0.25, -0.2) is 0 Å². The third kappa shape index (κ3) is 3.15. The molecule has 0 aliphatic heterocycles. The van der Waals surface area contributed by atoms with Crippen LogP contribution in [0.1, 0.15) is 17.3 Å². The Morgan fingerprint density at radius 1 is 1.06 bits per heavy atom. The van der Waals surface area contributed by atoms with Gasteiger partial charge in [0, 0.05) is 0 Å². The van der Waals surface area contributed by atoms with Crippen LogP contribution < -0.4 is 13.1 Å². The normalized spacial score (nSPS) is 11.2. The van der Waals surface area contributed by atoms with E-state index in [0.29, 0.717) is 17.1 Å². The number of hydrogen-bond donors (Lipinski definition) is 0. The average molecular weight is 343 g/mol. The summed E-state index contributed by atoms with van der Waals surface area (Å²) in [6.07, 6.45) is 0. The topological polar surface area (TPSA) is 35.5 Å². The van der Waals surface area contributed by atoms with E-state index in [1.165, 1.54) is 10.5 Å². The molecule has 4 heteroatoms. The van der Waals surface area contributed by atoms with Crippen molar-refractivity contribution in [2.75, 3.05) is 14.2 Å². The summed E-state index contributed by atoms with van der Waals surface area (Å²) in [5.74, 6) is 1.21. The van der Waals surface area contributed by atoms with Gasteiger partial charge in [0.05, 0.1) is 0 Å². The van der Waals surface area contributed by atoms with E-state index in [1.54, 1.807) is 14.2 Å². The molecule has 0 bridgehead atoms. The van der Waals surface area contributed by atoms with E-state index >= 15 is 0 Å². The molecule has 0 aliphatic carbocycles. The van der Waals surface area contributed by atoms with Crippen LogP contribution in [0.25, 0.3) is 0 Å². The Morgan fingerprint density at radius 2 is 1.47 bits per heavy atom. The standard InChI is InChI=1S/C10H11O3.3CH3.Sn/c1-7(11)10-8(12-2)5-4-6-9(10)13-3;;;;/h5-6H,1-3H3;3*1H3;. The van der Waals surface area contributed by atoms with Gasteiger partial charge in [-0.3, -0.25) is 0 Å². The molecule has 0 heterocycles. The van der Waals surface area contributed by atoms with Gasteiger partial charge in [0.1, 0.15) is 0 Å². The molecule has 0 amide bonds.